The van der Waals surface area contributed by atoms with E-state index in [-0.39, 0.29) is 35.5 Å². The third-order valence-corrected chi connectivity index (χ3v) is 16.9. The lowest BCUT2D eigenvalue weighted by Crippen LogP contribution is -2.42. The summed E-state index contributed by atoms with van der Waals surface area (Å²) in [4.78, 5) is 66.2. The Morgan fingerprint density at radius 3 is 0.963 bits per heavy atom. The zero-order valence-corrected chi connectivity index (χ0v) is 49.0. The molecule has 8 nitrogen and oxygen atoms in total. The summed E-state index contributed by atoms with van der Waals surface area (Å²) in [6.07, 6.45) is 3.03. The second-order valence-corrected chi connectivity index (χ2v) is 24.2. The molecule has 9 aromatic rings. The molecule has 2 aliphatic rings. The van der Waals surface area contributed by atoms with Crippen molar-refractivity contribution >= 4 is 78.1 Å². The molecule has 0 bridgehead atoms. The van der Waals surface area contributed by atoms with Gasteiger partial charge in [0.05, 0.1) is 22.5 Å². The predicted molar refractivity (Wildman–Crippen MR) is 328 cm³/mol. The normalized spacial score (nSPS) is 13.8. The van der Waals surface area contributed by atoms with Crippen LogP contribution in [0.2, 0.25) is 0 Å². The Bertz CT molecular complexity index is 3730. The van der Waals surface area contributed by atoms with Crippen molar-refractivity contribution in [2.75, 3.05) is 9.80 Å². The smallest absolute Gasteiger partial charge is 0.266 e. The van der Waals surface area contributed by atoms with Gasteiger partial charge >= 0.3 is 0 Å². The number of ether oxygens (including phenoxy) is 2. The number of fused-ring (bicyclic) bond motifs is 2. The number of benzene rings is 9. The molecule has 0 saturated heterocycles. The predicted octanol–water partition coefficient (Wildman–Crippen LogP) is 19.6. The van der Waals surface area contributed by atoms with Gasteiger partial charge in [0.25, 0.3) is 23.6 Å². The average molecular weight is 1060 g/mol. The summed E-state index contributed by atoms with van der Waals surface area (Å²) in [5, 5.41) is 5.13. The van der Waals surface area contributed by atoms with Gasteiger partial charge in [-0.05, 0) is 128 Å². The van der Waals surface area contributed by atoms with Gasteiger partial charge in [-0.25, -0.2) is 9.80 Å². The zero-order valence-electron chi connectivity index (χ0n) is 49.0. The molecule has 2 heterocycles. The molecule has 0 radical (unpaired) electrons. The molecular weight excluding hydrogens is 989 g/mol. The molecule has 0 fully saturated rings. The van der Waals surface area contributed by atoms with Crippen LogP contribution in [0, 0.1) is 0 Å². The van der Waals surface area contributed by atoms with Gasteiger partial charge in [0.15, 0.2) is 0 Å². The van der Waals surface area contributed by atoms with Crippen molar-refractivity contribution in [2.45, 2.75) is 158 Å². The Balaban J connectivity index is 1.32. The lowest BCUT2D eigenvalue weighted by atomic mass is 9.81. The summed E-state index contributed by atoms with van der Waals surface area (Å²) in [5.74, 6) is 0.983. The third kappa shape index (κ3) is 8.38. The number of aryl methyl sites for hydroxylation is 2. The topological polar surface area (TPSA) is 93.2 Å². The Morgan fingerprint density at radius 1 is 0.350 bits per heavy atom. The van der Waals surface area contributed by atoms with E-state index in [4.69, 9.17) is 9.47 Å². The quantitative estimate of drug-likeness (QED) is 0.0544. The minimum Gasteiger partial charge on any atom is -0.456 e. The highest BCUT2D eigenvalue weighted by Gasteiger charge is 2.42. The minimum atomic E-state index is -0.428. The van der Waals surface area contributed by atoms with Crippen LogP contribution in [0.15, 0.2) is 109 Å². The van der Waals surface area contributed by atoms with Crippen molar-refractivity contribution in [3.63, 3.8) is 0 Å². The van der Waals surface area contributed by atoms with Crippen LogP contribution in [0.4, 0.5) is 11.4 Å². The number of carbonyl (C=O) groups is 4. The van der Waals surface area contributed by atoms with Gasteiger partial charge in [-0.1, -0.05) is 195 Å². The van der Waals surface area contributed by atoms with Crippen molar-refractivity contribution < 1.29 is 28.7 Å². The first kappa shape index (κ1) is 54.1. The number of para-hydroxylation sites is 4. The Morgan fingerprint density at radius 2 is 0.650 bits per heavy atom. The third-order valence-electron chi connectivity index (χ3n) is 16.9. The second kappa shape index (κ2) is 20.7. The molecule has 408 valence electrons. The fourth-order valence-electron chi connectivity index (χ4n) is 13.0. The average Bonchev–Trinajstić information content (AvgIpc) is 2.95. The molecule has 0 unspecified atom stereocenters. The summed E-state index contributed by atoms with van der Waals surface area (Å²) >= 11 is 0. The number of hydrogen-bond acceptors (Lipinski definition) is 6. The minimum absolute atomic E-state index is 0.0170. The van der Waals surface area contributed by atoms with Gasteiger partial charge < -0.3 is 9.47 Å². The fourth-order valence-corrected chi connectivity index (χ4v) is 13.0. The Labute approximate surface area is 471 Å². The van der Waals surface area contributed by atoms with Crippen LogP contribution < -0.4 is 19.3 Å². The van der Waals surface area contributed by atoms with Crippen LogP contribution >= 0.6 is 0 Å². The van der Waals surface area contributed by atoms with Crippen LogP contribution in [0.5, 0.6) is 23.0 Å². The van der Waals surface area contributed by atoms with Gasteiger partial charge in [0.1, 0.15) is 23.0 Å². The maximum atomic E-state index is 16.0. The van der Waals surface area contributed by atoms with E-state index in [2.05, 4.69) is 133 Å². The highest BCUT2D eigenvalue weighted by molar-refractivity contribution is 6.47. The summed E-state index contributed by atoms with van der Waals surface area (Å²) in [6.45, 7) is 29.9. The molecule has 2 aliphatic heterocycles. The maximum absolute atomic E-state index is 16.0. The molecule has 0 saturated carbocycles. The molecule has 11 rings (SSSR count). The van der Waals surface area contributed by atoms with Crippen molar-refractivity contribution in [1.29, 1.82) is 0 Å². The molecule has 0 N–H and O–H groups in total. The fraction of sp³-hybridized carbons (Fsp3) is 0.333. The Kier molecular flexibility index (Phi) is 14.0. The van der Waals surface area contributed by atoms with E-state index in [9.17, 15) is 0 Å². The van der Waals surface area contributed by atoms with Crippen LogP contribution in [-0.4, -0.2) is 23.6 Å². The van der Waals surface area contributed by atoms with E-state index in [0.29, 0.717) is 113 Å². The van der Waals surface area contributed by atoms with Gasteiger partial charge in [-0.3, -0.25) is 19.2 Å². The van der Waals surface area contributed by atoms with E-state index < -0.39 is 23.6 Å². The molecule has 8 heteroatoms. The molecular formula is C72H74N2O6. The highest BCUT2D eigenvalue weighted by Crippen LogP contribution is 2.55. The zero-order chi connectivity index (χ0) is 56.9. The van der Waals surface area contributed by atoms with Crippen molar-refractivity contribution in [3.8, 4) is 23.0 Å². The van der Waals surface area contributed by atoms with Gasteiger partial charge in [0.2, 0.25) is 0 Å². The van der Waals surface area contributed by atoms with E-state index in [1.807, 2.05) is 72.8 Å². The van der Waals surface area contributed by atoms with E-state index in [1.54, 1.807) is 0 Å². The second-order valence-electron chi connectivity index (χ2n) is 24.2. The number of amides is 4. The van der Waals surface area contributed by atoms with E-state index in [1.165, 1.54) is 9.80 Å². The highest BCUT2D eigenvalue weighted by atomic mass is 16.5. The van der Waals surface area contributed by atoms with Gasteiger partial charge in [-0.15, -0.1) is 0 Å². The van der Waals surface area contributed by atoms with Gasteiger partial charge in [-0.2, -0.15) is 0 Å². The number of anilines is 2. The number of hydrogen-bond donors (Lipinski definition) is 0. The molecule has 0 aliphatic carbocycles. The molecule has 0 aromatic heterocycles. The van der Waals surface area contributed by atoms with E-state index >= 15 is 19.2 Å². The SMILES string of the molecule is CCCc1cccc(C(C)C)c1N1C(=O)c2ccc3c4c(Oc5c(C(C)C)cccc5C(C)C)cc5c6c(ccc(c7c(Oc8c(C(C)C)cccc8C(C)C)cc(c2c37)C1=O)c64)C(=O)N(c1c(CCC)cccc1C(C)C)C5=O. The van der Waals surface area contributed by atoms with Crippen LogP contribution in [0.1, 0.15) is 231 Å². The maximum Gasteiger partial charge on any atom is 0.266 e. The van der Waals surface area contributed by atoms with Crippen molar-refractivity contribution in [3.05, 3.63) is 176 Å². The number of rotatable bonds is 16. The molecule has 0 spiro atoms. The first-order valence-corrected chi connectivity index (χ1v) is 29.2. The lowest BCUT2D eigenvalue weighted by Gasteiger charge is -2.34. The Hall–Kier alpha value is -7.84. The van der Waals surface area contributed by atoms with Crippen LogP contribution in [0.3, 0.4) is 0 Å². The van der Waals surface area contributed by atoms with Crippen LogP contribution in [0.25, 0.3) is 43.1 Å². The van der Waals surface area contributed by atoms with Gasteiger partial charge in [0, 0.05) is 43.4 Å². The lowest BCUT2D eigenvalue weighted by molar-refractivity contribution is 0.0877. The standard InChI is InChI=1S/C72H74N2O6/c1-15-21-43-23-17-25-45(37(3)4)65(43)73-69(75)53-33-31-51-62-58(80-68-49(41(11)12)29-20-30-50(68)42(13)14)36-56-60-54(70(76)74(72(56)78)66-44(22-16-2)24-18-26-46(66)38(5)6)34-32-52(64(60)62)61-57(35-55(71(73)77)59(53)63(51)61)79-67-47(39(7)8)27-19-28-48(67)40(9)10/h17-20,23-42H,15-16,21-22H2,1-14H3. The number of imide groups is 2. The first-order chi connectivity index (χ1) is 38.3. The summed E-state index contributed by atoms with van der Waals surface area (Å²) < 4.78 is 15.1. The first-order valence-electron chi connectivity index (χ1n) is 29.2. The van der Waals surface area contributed by atoms with Crippen LogP contribution in [-0.2, 0) is 12.8 Å². The summed E-state index contributed by atoms with van der Waals surface area (Å²) in [5.41, 5.74) is 10.5. The number of nitrogens with zero attached hydrogens (tertiary/aromatic N) is 2. The monoisotopic (exact) mass is 1060 g/mol. The number of carbonyl (C=O) groups excluding carboxylic acids is 4. The summed E-state index contributed by atoms with van der Waals surface area (Å²) in [7, 11) is 0. The largest absolute Gasteiger partial charge is 0.456 e. The molecule has 4 amide bonds. The molecule has 9 aromatic carbocycles. The van der Waals surface area contributed by atoms with E-state index in [0.717, 1.165) is 57.3 Å². The molecule has 0 atom stereocenters. The summed E-state index contributed by atoms with van der Waals surface area (Å²) in [6, 6.07) is 36.1. The van der Waals surface area contributed by atoms with Crippen molar-refractivity contribution in [2.24, 2.45) is 0 Å². The van der Waals surface area contributed by atoms with Crippen molar-refractivity contribution in [1.82, 2.24) is 0 Å². The molecule has 80 heavy (non-hydrogen) atoms.